The Morgan fingerprint density at radius 2 is 1.63 bits per heavy atom. The molecule has 1 amide bonds. The van der Waals surface area contributed by atoms with Crippen molar-refractivity contribution < 1.29 is 14.6 Å². The number of benzene rings is 2. The van der Waals surface area contributed by atoms with Crippen LogP contribution in [0.3, 0.4) is 0 Å². The first-order valence-electron chi connectivity index (χ1n) is 10.1. The van der Waals surface area contributed by atoms with Gasteiger partial charge in [-0.3, -0.25) is 5.32 Å². The zero-order valence-corrected chi connectivity index (χ0v) is 18.2. The Morgan fingerprint density at radius 3 is 2.23 bits per heavy atom. The van der Waals surface area contributed by atoms with Crippen molar-refractivity contribution in [2.75, 3.05) is 18.4 Å². The van der Waals surface area contributed by atoms with E-state index in [4.69, 9.17) is 4.74 Å². The molecule has 7 nitrogen and oxygen atoms in total. The predicted octanol–water partition coefficient (Wildman–Crippen LogP) is 4.04. The third-order valence-corrected chi connectivity index (χ3v) is 4.01. The molecule has 0 saturated heterocycles. The van der Waals surface area contributed by atoms with Gasteiger partial charge in [0.15, 0.2) is 5.96 Å². The Kier molecular flexibility index (Phi) is 8.53. The van der Waals surface area contributed by atoms with Crippen molar-refractivity contribution in [3.63, 3.8) is 0 Å². The molecule has 0 bridgehead atoms. The largest absolute Gasteiger partial charge is 0.508 e. The van der Waals surface area contributed by atoms with Crippen LogP contribution in [0.25, 0.3) is 0 Å². The second kappa shape index (κ2) is 11.1. The van der Waals surface area contributed by atoms with E-state index in [2.05, 4.69) is 20.9 Å². The molecule has 0 aromatic heterocycles. The minimum absolute atomic E-state index is 0.250. The topological polar surface area (TPSA) is 95.0 Å². The standard InChI is InChI=1S/C23H32N4O3/c1-5-24-21(26-16-18-8-12-20(28)13-9-18)25-15-14-17-6-10-19(11-7-17)27-22(29)30-23(2,3)4/h6-13,28H,5,14-16H2,1-4H3,(H,27,29)(H2,24,25,26). The van der Waals surface area contributed by atoms with E-state index >= 15 is 0 Å². The minimum Gasteiger partial charge on any atom is -0.508 e. The second-order valence-corrected chi connectivity index (χ2v) is 7.86. The Balaban J connectivity index is 1.82. The number of nitrogens with one attached hydrogen (secondary N) is 3. The summed E-state index contributed by atoms with van der Waals surface area (Å²) in [6.07, 6.45) is 0.355. The summed E-state index contributed by atoms with van der Waals surface area (Å²) >= 11 is 0. The van der Waals surface area contributed by atoms with E-state index in [1.54, 1.807) is 12.1 Å². The van der Waals surface area contributed by atoms with Crippen molar-refractivity contribution in [2.45, 2.75) is 46.3 Å². The monoisotopic (exact) mass is 412 g/mol. The number of aromatic hydroxyl groups is 1. The maximum Gasteiger partial charge on any atom is 0.412 e. The fraction of sp³-hybridized carbons (Fsp3) is 0.391. The number of rotatable bonds is 7. The molecule has 0 aliphatic rings. The van der Waals surface area contributed by atoms with Crippen molar-refractivity contribution in [2.24, 2.45) is 4.99 Å². The zero-order chi connectivity index (χ0) is 22.0. The van der Waals surface area contributed by atoms with Crippen LogP contribution >= 0.6 is 0 Å². The molecule has 0 unspecified atom stereocenters. The van der Waals surface area contributed by atoms with Crippen molar-refractivity contribution in [1.29, 1.82) is 0 Å². The van der Waals surface area contributed by atoms with Gasteiger partial charge < -0.3 is 20.5 Å². The lowest BCUT2D eigenvalue weighted by Crippen LogP contribution is -2.38. The summed E-state index contributed by atoms with van der Waals surface area (Å²) in [5.41, 5.74) is 2.35. The van der Waals surface area contributed by atoms with Gasteiger partial charge in [-0.15, -0.1) is 0 Å². The molecule has 4 N–H and O–H groups in total. The first-order valence-corrected chi connectivity index (χ1v) is 10.1. The number of hydrogen-bond acceptors (Lipinski definition) is 4. The summed E-state index contributed by atoms with van der Waals surface area (Å²) in [5, 5.41) is 18.6. The number of anilines is 1. The molecule has 162 valence electrons. The molecule has 0 saturated carbocycles. The average molecular weight is 413 g/mol. The molecule has 0 aliphatic carbocycles. The maximum atomic E-state index is 11.8. The number of phenolic OH excluding ortho intramolecular Hbond substituents is 1. The summed E-state index contributed by atoms with van der Waals surface area (Å²) in [6.45, 7) is 9.54. The summed E-state index contributed by atoms with van der Waals surface area (Å²) in [7, 11) is 0. The Bertz CT molecular complexity index is 825. The third-order valence-electron chi connectivity index (χ3n) is 4.01. The van der Waals surface area contributed by atoms with Crippen molar-refractivity contribution in [1.82, 2.24) is 10.6 Å². The number of amides is 1. The van der Waals surface area contributed by atoms with Crippen LogP contribution in [0, 0.1) is 0 Å². The highest BCUT2D eigenvalue weighted by atomic mass is 16.6. The van der Waals surface area contributed by atoms with Crippen LogP contribution < -0.4 is 16.0 Å². The van der Waals surface area contributed by atoms with Gasteiger partial charge in [0.2, 0.25) is 0 Å². The van der Waals surface area contributed by atoms with Gasteiger partial charge >= 0.3 is 6.09 Å². The lowest BCUT2D eigenvalue weighted by molar-refractivity contribution is 0.0636. The number of carbonyl (C=O) groups is 1. The molecule has 0 fully saturated rings. The van der Waals surface area contributed by atoms with Gasteiger partial charge in [-0.1, -0.05) is 24.3 Å². The molecule has 7 heteroatoms. The molecular weight excluding hydrogens is 380 g/mol. The van der Waals surface area contributed by atoms with E-state index in [1.165, 1.54) is 0 Å². The molecule has 30 heavy (non-hydrogen) atoms. The molecule has 0 atom stereocenters. The Labute approximate surface area is 178 Å². The second-order valence-electron chi connectivity index (χ2n) is 7.86. The van der Waals surface area contributed by atoms with Crippen molar-refractivity contribution in [3.05, 3.63) is 59.7 Å². The van der Waals surface area contributed by atoms with Crippen LogP contribution in [-0.2, 0) is 17.7 Å². The highest BCUT2D eigenvalue weighted by Crippen LogP contribution is 2.13. The summed E-state index contributed by atoms with van der Waals surface area (Å²) in [4.78, 5) is 16.4. The van der Waals surface area contributed by atoms with Gasteiger partial charge in [0, 0.05) is 18.8 Å². The highest BCUT2D eigenvalue weighted by molar-refractivity contribution is 5.84. The normalized spacial score (nSPS) is 11.7. The molecule has 0 aliphatic heterocycles. The molecule has 0 radical (unpaired) electrons. The SMILES string of the molecule is CCNC(=NCc1ccc(O)cc1)NCCc1ccc(NC(=O)OC(C)(C)C)cc1. The van der Waals surface area contributed by atoms with Crippen LogP contribution in [0.4, 0.5) is 10.5 Å². The lowest BCUT2D eigenvalue weighted by atomic mass is 10.1. The van der Waals surface area contributed by atoms with Gasteiger partial charge in [-0.05, 0) is 69.5 Å². The van der Waals surface area contributed by atoms with Gasteiger partial charge in [0.05, 0.1) is 6.54 Å². The van der Waals surface area contributed by atoms with Gasteiger partial charge in [-0.2, -0.15) is 0 Å². The summed E-state index contributed by atoms with van der Waals surface area (Å²) < 4.78 is 5.25. The van der Waals surface area contributed by atoms with Gasteiger partial charge in [0.1, 0.15) is 11.4 Å². The third kappa shape index (κ3) is 8.86. The van der Waals surface area contributed by atoms with Crippen LogP contribution in [0.1, 0.15) is 38.8 Å². The van der Waals surface area contributed by atoms with E-state index in [0.29, 0.717) is 12.2 Å². The maximum absolute atomic E-state index is 11.8. The quantitative estimate of drug-likeness (QED) is 0.407. The summed E-state index contributed by atoms with van der Waals surface area (Å²) in [5.74, 6) is 0.994. The van der Waals surface area contributed by atoms with E-state index in [9.17, 15) is 9.90 Å². The molecule has 0 heterocycles. The van der Waals surface area contributed by atoms with E-state index < -0.39 is 11.7 Å². The van der Waals surface area contributed by atoms with Crippen LogP contribution in [0.5, 0.6) is 5.75 Å². The molecule has 2 rings (SSSR count). The molecule has 0 spiro atoms. The molecule has 2 aromatic carbocycles. The summed E-state index contributed by atoms with van der Waals surface area (Å²) in [6, 6.07) is 14.7. The number of carbonyl (C=O) groups excluding carboxylic acids is 1. The van der Waals surface area contributed by atoms with E-state index in [1.807, 2.05) is 64.1 Å². The van der Waals surface area contributed by atoms with Crippen molar-refractivity contribution >= 4 is 17.7 Å². The number of hydrogen-bond donors (Lipinski definition) is 4. The van der Waals surface area contributed by atoms with E-state index in [0.717, 1.165) is 36.6 Å². The fourth-order valence-corrected chi connectivity index (χ4v) is 2.61. The molecular formula is C23H32N4O3. The number of aliphatic imine (C=N–C) groups is 1. The Morgan fingerprint density at radius 1 is 1.00 bits per heavy atom. The first-order chi connectivity index (χ1) is 14.2. The zero-order valence-electron chi connectivity index (χ0n) is 18.2. The number of phenols is 1. The number of guanidine groups is 1. The lowest BCUT2D eigenvalue weighted by Gasteiger charge is -2.19. The highest BCUT2D eigenvalue weighted by Gasteiger charge is 2.16. The minimum atomic E-state index is -0.524. The van der Waals surface area contributed by atoms with E-state index in [-0.39, 0.29) is 5.75 Å². The van der Waals surface area contributed by atoms with Gasteiger partial charge in [-0.25, -0.2) is 9.79 Å². The molecule has 2 aromatic rings. The van der Waals surface area contributed by atoms with Crippen LogP contribution in [-0.4, -0.2) is 35.8 Å². The fourth-order valence-electron chi connectivity index (χ4n) is 2.61. The van der Waals surface area contributed by atoms with Crippen LogP contribution in [0.2, 0.25) is 0 Å². The first kappa shape index (κ1) is 23.1. The smallest absolute Gasteiger partial charge is 0.412 e. The average Bonchev–Trinajstić information content (AvgIpc) is 2.67. The number of ether oxygens (including phenoxy) is 1. The Hall–Kier alpha value is -3.22. The van der Waals surface area contributed by atoms with Gasteiger partial charge in [0.25, 0.3) is 0 Å². The number of nitrogens with zero attached hydrogens (tertiary/aromatic N) is 1. The van der Waals surface area contributed by atoms with Crippen LogP contribution in [0.15, 0.2) is 53.5 Å². The predicted molar refractivity (Wildman–Crippen MR) is 121 cm³/mol. The van der Waals surface area contributed by atoms with Crippen molar-refractivity contribution in [3.8, 4) is 5.75 Å².